The van der Waals surface area contributed by atoms with Crippen LogP contribution in [0.25, 0.3) is 0 Å². The predicted octanol–water partition coefficient (Wildman–Crippen LogP) is 4.97. The average Bonchev–Trinajstić information content (AvgIpc) is 2.85. The second kappa shape index (κ2) is 10.2. The quantitative estimate of drug-likeness (QED) is 0.519. The Labute approximate surface area is 195 Å². The molecule has 1 fully saturated rings. The number of amides is 1. The second-order valence-electron chi connectivity index (χ2n) is 8.33. The Kier molecular flexibility index (Phi) is 7.11. The van der Waals surface area contributed by atoms with Gasteiger partial charge in [0.2, 0.25) is 10.0 Å². The Balaban J connectivity index is 1.44. The highest BCUT2D eigenvalue weighted by molar-refractivity contribution is 7.89. The van der Waals surface area contributed by atoms with Crippen LogP contribution in [0.2, 0.25) is 0 Å². The Hall–Kier alpha value is -3.16. The molecule has 1 heterocycles. The number of carbonyl (C=O) groups excluding carboxylic acids is 1. The van der Waals surface area contributed by atoms with E-state index < -0.39 is 16.1 Å². The van der Waals surface area contributed by atoms with Crippen LogP contribution in [0.15, 0.2) is 83.8 Å². The fourth-order valence-electron chi connectivity index (χ4n) is 4.03. The monoisotopic (exact) mass is 463 g/mol. The van der Waals surface area contributed by atoms with E-state index in [9.17, 15) is 13.2 Å². The predicted molar refractivity (Wildman–Crippen MR) is 132 cm³/mol. The highest BCUT2D eigenvalue weighted by Crippen LogP contribution is 2.23. The molecular weight excluding hydrogens is 434 g/mol. The Morgan fingerprint density at radius 2 is 1.58 bits per heavy atom. The summed E-state index contributed by atoms with van der Waals surface area (Å²) in [5.74, 6) is -0.353. The SMILES string of the molecule is CC(NS(=O)(=O)c1cccc(C(=O)Nc2ccc(N3CCCCC3)cc2)c1)c1ccccc1. The van der Waals surface area contributed by atoms with Crippen LogP contribution < -0.4 is 14.9 Å². The van der Waals surface area contributed by atoms with Crippen LogP contribution in [0.1, 0.15) is 48.1 Å². The molecule has 0 saturated carbocycles. The molecule has 1 atom stereocenters. The van der Waals surface area contributed by atoms with Gasteiger partial charge in [-0.05, 0) is 74.2 Å². The van der Waals surface area contributed by atoms with E-state index in [0.29, 0.717) is 5.69 Å². The van der Waals surface area contributed by atoms with Crippen molar-refractivity contribution in [2.24, 2.45) is 0 Å². The molecule has 0 aromatic heterocycles. The van der Waals surface area contributed by atoms with Crippen molar-refractivity contribution >= 4 is 27.3 Å². The van der Waals surface area contributed by atoms with Crippen molar-refractivity contribution in [1.29, 1.82) is 0 Å². The van der Waals surface area contributed by atoms with Crippen LogP contribution in [0, 0.1) is 0 Å². The maximum Gasteiger partial charge on any atom is 0.255 e. The van der Waals surface area contributed by atoms with Gasteiger partial charge in [-0.1, -0.05) is 36.4 Å². The van der Waals surface area contributed by atoms with Crippen molar-refractivity contribution in [3.63, 3.8) is 0 Å². The van der Waals surface area contributed by atoms with E-state index in [4.69, 9.17) is 0 Å². The van der Waals surface area contributed by atoms with E-state index >= 15 is 0 Å². The number of sulfonamides is 1. The van der Waals surface area contributed by atoms with E-state index in [0.717, 1.165) is 24.3 Å². The van der Waals surface area contributed by atoms with Gasteiger partial charge in [-0.3, -0.25) is 4.79 Å². The topological polar surface area (TPSA) is 78.5 Å². The molecule has 1 amide bonds. The zero-order valence-electron chi connectivity index (χ0n) is 18.7. The third kappa shape index (κ3) is 5.80. The molecule has 172 valence electrons. The molecule has 2 N–H and O–H groups in total. The van der Waals surface area contributed by atoms with Gasteiger partial charge in [-0.25, -0.2) is 13.1 Å². The number of hydrogen-bond donors (Lipinski definition) is 2. The highest BCUT2D eigenvalue weighted by Gasteiger charge is 2.20. The zero-order valence-corrected chi connectivity index (χ0v) is 19.5. The van der Waals surface area contributed by atoms with Crippen molar-refractivity contribution < 1.29 is 13.2 Å². The Morgan fingerprint density at radius 3 is 2.27 bits per heavy atom. The summed E-state index contributed by atoms with van der Waals surface area (Å²) in [6.45, 7) is 3.91. The molecular formula is C26H29N3O3S. The normalized spacial score (nSPS) is 15.1. The maximum atomic E-state index is 12.9. The van der Waals surface area contributed by atoms with Gasteiger partial charge in [-0.2, -0.15) is 0 Å². The zero-order chi connectivity index (χ0) is 23.3. The van der Waals surface area contributed by atoms with Crippen LogP contribution in [-0.2, 0) is 10.0 Å². The van der Waals surface area contributed by atoms with Gasteiger partial charge in [0.1, 0.15) is 0 Å². The summed E-state index contributed by atoms with van der Waals surface area (Å²) in [6.07, 6.45) is 3.69. The van der Waals surface area contributed by atoms with E-state index in [-0.39, 0.29) is 16.4 Å². The number of hydrogen-bond acceptors (Lipinski definition) is 4. The standard InChI is InChI=1S/C26H29N3O3S/c1-20(21-9-4-2-5-10-21)28-33(31,32)25-12-8-11-22(19-25)26(30)27-23-13-15-24(16-14-23)29-17-6-3-7-18-29/h2,4-5,8-16,19-20,28H,3,6-7,17-18H2,1H3,(H,27,30). The van der Waals surface area contributed by atoms with Crippen LogP contribution in [0.5, 0.6) is 0 Å². The van der Waals surface area contributed by atoms with Crippen LogP contribution in [0.4, 0.5) is 11.4 Å². The third-order valence-electron chi connectivity index (χ3n) is 5.88. The molecule has 3 aromatic carbocycles. The molecule has 4 rings (SSSR count). The first kappa shape index (κ1) is 23.0. The summed E-state index contributed by atoms with van der Waals surface area (Å²) in [7, 11) is -3.79. The molecule has 7 heteroatoms. The van der Waals surface area contributed by atoms with Crippen LogP contribution >= 0.6 is 0 Å². The fourth-order valence-corrected chi connectivity index (χ4v) is 5.30. The summed E-state index contributed by atoms with van der Waals surface area (Å²) < 4.78 is 28.5. The molecule has 0 spiro atoms. The summed E-state index contributed by atoms with van der Waals surface area (Å²) in [5, 5.41) is 2.86. The molecule has 1 unspecified atom stereocenters. The minimum atomic E-state index is -3.79. The number of benzene rings is 3. The van der Waals surface area contributed by atoms with Crippen molar-refractivity contribution in [3.05, 3.63) is 90.0 Å². The smallest absolute Gasteiger partial charge is 0.255 e. The molecule has 0 bridgehead atoms. The summed E-state index contributed by atoms with van der Waals surface area (Å²) in [6, 6.07) is 22.8. The van der Waals surface area contributed by atoms with Crippen molar-refractivity contribution in [2.45, 2.75) is 37.1 Å². The number of nitrogens with one attached hydrogen (secondary N) is 2. The van der Waals surface area contributed by atoms with E-state index in [2.05, 4.69) is 14.9 Å². The second-order valence-corrected chi connectivity index (χ2v) is 10.0. The van der Waals surface area contributed by atoms with Crippen molar-refractivity contribution in [1.82, 2.24) is 4.72 Å². The van der Waals surface area contributed by atoms with Gasteiger partial charge in [0.15, 0.2) is 0 Å². The molecule has 3 aromatic rings. The first-order valence-electron chi connectivity index (χ1n) is 11.3. The van der Waals surface area contributed by atoms with E-state index in [1.54, 1.807) is 19.1 Å². The minimum Gasteiger partial charge on any atom is -0.372 e. The van der Waals surface area contributed by atoms with Gasteiger partial charge in [0.05, 0.1) is 4.90 Å². The molecule has 0 aliphatic carbocycles. The Bertz CT molecular complexity index is 1190. The average molecular weight is 464 g/mol. The minimum absolute atomic E-state index is 0.0541. The van der Waals surface area contributed by atoms with Gasteiger partial charge in [0.25, 0.3) is 5.91 Å². The number of piperidine rings is 1. The molecule has 1 aliphatic rings. The third-order valence-corrected chi connectivity index (χ3v) is 7.42. The molecule has 0 radical (unpaired) electrons. The van der Waals surface area contributed by atoms with E-state index in [1.165, 1.54) is 31.4 Å². The molecule has 6 nitrogen and oxygen atoms in total. The van der Waals surface area contributed by atoms with Crippen LogP contribution in [-0.4, -0.2) is 27.4 Å². The lowest BCUT2D eigenvalue weighted by Crippen LogP contribution is -2.29. The molecule has 1 saturated heterocycles. The van der Waals surface area contributed by atoms with Gasteiger partial charge < -0.3 is 10.2 Å². The molecule has 33 heavy (non-hydrogen) atoms. The van der Waals surface area contributed by atoms with Gasteiger partial charge in [0, 0.05) is 36.1 Å². The van der Waals surface area contributed by atoms with Crippen LogP contribution in [0.3, 0.4) is 0 Å². The fraction of sp³-hybridized carbons (Fsp3) is 0.269. The first-order chi connectivity index (χ1) is 15.9. The largest absolute Gasteiger partial charge is 0.372 e. The maximum absolute atomic E-state index is 12.9. The van der Waals surface area contributed by atoms with Crippen molar-refractivity contribution in [2.75, 3.05) is 23.3 Å². The summed E-state index contributed by atoms with van der Waals surface area (Å²) in [4.78, 5) is 15.2. The number of rotatable bonds is 7. The number of anilines is 2. The lowest BCUT2D eigenvalue weighted by Gasteiger charge is -2.28. The van der Waals surface area contributed by atoms with E-state index in [1.807, 2.05) is 54.6 Å². The number of nitrogens with zero attached hydrogens (tertiary/aromatic N) is 1. The van der Waals surface area contributed by atoms with Gasteiger partial charge in [-0.15, -0.1) is 0 Å². The summed E-state index contributed by atoms with van der Waals surface area (Å²) >= 11 is 0. The lowest BCUT2D eigenvalue weighted by molar-refractivity contribution is 0.102. The summed E-state index contributed by atoms with van der Waals surface area (Å²) in [5.41, 5.74) is 2.97. The van der Waals surface area contributed by atoms with Crippen molar-refractivity contribution in [3.8, 4) is 0 Å². The number of carbonyl (C=O) groups is 1. The first-order valence-corrected chi connectivity index (χ1v) is 12.7. The Morgan fingerprint density at radius 1 is 0.879 bits per heavy atom. The molecule has 1 aliphatic heterocycles. The lowest BCUT2D eigenvalue weighted by atomic mass is 10.1. The van der Waals surface area contributed by atoms with Gasteiger partial charge >= 0.3 is 0 Å². The highest BCUT2D eigenvalue weighted by atomic mass is 32.2.